The van der Waals surface area contributed by atoms with Crippen LogP contribution in [0.5, 0.6) is 0 Å². The van der Waals surface area contributed by atoms with Crippen LogP contribution in [0.25, 0.3) is 11.1 Å². The van der Waals surface area contributed by atoms with Gasteiger partial charge >= 0.3 is 0 Å². The highest BCUT2D eigenvalue weighted by Gasteiger charge is 2.44. The first kappa shape index (κ1) is 23.6. The molecule has 2 aromatic rings. The van der Waals surface area contributed by atoms with Gasteiger partial charge in [0.15, 0.2) is 15.8 Å². The van der Waals surface area contributed by atoms with E-state index in [1.54, 1.807) is 32.0 Å². The van der Waals surface area contributed by atoms with Gasteiger partial charge in [-0.3, -0.25) is 9.69 Å². The summed E-state index contributed by atoms with van der Waals surface area (Å²) >= 11 is 6.65. The Morgan fingerprint density at radius 2 is 1.94 bits per heavy atom. The summed E-state index contributed by atoms with van der Waals surface area (Å²) in [7, 11) is -3.17. The first-order valence-electron chi connectivity index (χ1n) is 10.6. The summed E-state index contributed by atoms with van der Waals surface area (Å²) in [6, 6.07) is 7.86. The van der Waals surface area contributed by atoms with E-state index in [-0.39, 0.29) is 40.7 Å². The number of nitrogens with zero attached hydrogens (tertiary/aromatic N) is 2. The minimum atomic E-state index is -3.17. The average Bonchev–Trinajstić information content (AvgIpc) is 2.71. The topological polar surface area (TPSA) is 92.8 Å². The van der Waals surface area contributed by atoms with E-state index in [0.29, 0.717) is 24.0 Å². The largest absolute Gasteiger partial charge is 0.369 e. The Labute approximate surface area is 196 Å². The molecule has 3 atom stereocenters. The van der Waals surface area contributed by atoms with Gasteiger partial charge < -0.3 is 5.73 Å². The van der Waals surface area contributed by atoms with Gasteiger partial charge in [-0.15, -0.1) is 0 Å². The molecular weight excluding hydrogens is 472 g/mol. The molecular formula is C23H24ClF2N3O3S. The zero-order valence-electron chi connectivity index (χ0n) is 18.2. The predicted octanol–water partition coefficient (Wildman–Crippen LogP) is 4.01. The van der Waals surface area contributed by atoms with Crippen molar-refractivity contribution in [3.05, 3.63) is 58.6 Å². The molecule has 2 aliphatic heterocycles. The van der Waals surface area contributed by atoms with Gasteiger partial charge in [0.2, 0.25) is 5.91 Å². The lowest BCUT2D eigenvalue weighted by Gasteiger charge is -2.41. The van der Waals surface area contributed by atoms with Crippen molar-refractivity contribution in [2.75, 3.05) is 5.75 Å². The Morgan fingerprint density at radius 1 is 1.21 bits per heavy atom. The van der Waals surface area contributed by atoms with Crippen LogP contribution < -0.4 is 5.73 Å². The van der Waals surface area contributed by atoms with E-state index in [2.05, 4.69) is 4.99 Å². The summed E-state index contributed by atoms with van der Waals surface area (Å²) in [6.45, 7) is 3.35. The lowest BCUT2D eigenvalue weighted by molar-refractivity contribution is -0.131. The second-order valence-corrected chi connectivity index (χ2v) is 11.7. The molecule has 4 rings (SSSR count). The van der Waals surface area contributed by atoms with Crippen LogP contribution in [0.3, 0.4) is 0 Å². The van der Waals surface area contributed by atoms with Gasteiger partial charge in [-0.2, -0.15) is 0 Å². The molecule has 0 saturated carbocycles. The smallest absolute Gasteiger partial charge is 0.232 e. The van der Waals surface area contributed by atoms with Crippen molar-refractivity contribution in [2.45, 2.75) is 49.9 Å². The molecule has 176 valence electrons. The molecule has 1 amide bonds. The molecule has 6 nitrogen and oxygen atoms in total. The number of halogens is 3. The molecule has 2 N–H and O–H groups in total. The predicted molar refractivity (Wildman–Crippen MR) is 124 cm³/mol. The first-order chi connectivity index (χ1) is 15.4. The van der Waals surface area contributed by atoms with E-state index < -0.39 is 32.3 Å². The normalized spacial score (nSPS) is 27.4. The molecule has 2 heterocycles. The Morgan fingerprint density at radius 3 is 2.58 bits per heavy atom. The molecule has 0 unspecified atom stereocenters. The Balaban J connectivity index is 1.70. The molecule has 10 heteroatoms. The minimum Gasteiger partial charge on any atom is -0.369 e. The maximum Gasteiger partial charge on any atom is 0.232 e. The Hall–Kier alpha value is -2.52. The lowest BCUT2D eigenvalue weighted by atomic mass is 9.85. The number of benzene rings is 2. The van der Waals surface area contributed by atoms with E-state index >= 15 is 0 Å². The number of hydrogen-bond donors (Lipinski definition) is 1. The lowest BCUT2D eigenvalue weighted by Crippen LogP contribution is -2.56. The maximum atomic E-state index is 14.4. The molecule has 1 fully saturated rings. The Kier molecular flexibility index (Phi) is 5.99. The van der Waals surface area contributed by atoms with Crippen molar-refractivity contribution in [1.82, 2.24) is 4.90 Å². The second kappa shape index (κ2) is 8.36. The van der Waals surface area contributed by atoms with Crippen LogP contribution in [0.2, 0.25) is 5.02 Å². The molecule has 1 saturated heterocycles. The molecule has 0 bridgehead atoms. The number of rotatable bonds is 3. The molecule has 2 aliphatic rings. The zero-order valence-corrected chi connectivity index (χ0v) is 19.8. The highest BCUT2D eigenvalue weighted by Crippen LogP contribution is 2.42. The monoisotopic (exact) mass is 495 g/mol. The van der Waals surface area contributed by atoms with Crippen LogP contribution in [-0.2, 0) is 20.2 Å². The zero-order chi connectivity index (χ0) is 24.1. The second-order valence-electron chi connectivity index (χ2n) is 8.83. The van der Waals surface area contributed by atoms with Crippen molar-refractivity contribution >= 4 is 33.3 Å². The first-order valence-corrected chi connectivity index (χ1v) is 12.7. The SMILES string of the molecule is C[C@H]1C[C@@H](N2C(=O)C[C@@](C)(c3cccc(-c4ccc(F)cc4F)c3Cl)N=C2N)CCS1(=O)=O. The van der Waals surface area contributed by atoms with Crippen LogP contribution in [0.1, 0.15) is 38.7 Å². The maximum absolute atomic E-state index is 14.4. The van der Waals surface area contributed by atoms with Crippen LogP contribution in [-0.4, -0.2) is 42.2 Å². The highest BCUT2D eigenvalue weighted by molar-refractivity contribution is 7.92. The van der Waals surface area contributed by atoms with Gasteiger partial charge in [-0.25, -0.2) is 22.2 Å². The average molecular weight is 496 g/mol. The summed E-state index contributed by atoms with van der Waals surface area (Å²) < 4.78 is 51.9. The summed E-state index contributed by atoms with van der Waals surface area (Å²) in [6.07, 6.45) is 0.549. The summed E-state index contributed by atoms with van der Waals surface area (Å²) in [5.41, 5.74) is 6.09. The third-order valence-electron chi connectivity index (χ3n) is 6.49. The molecule has 0 radical (unpaired) electrons. The van der Waals surface area contributed by atoms with E-state index in [1.807, 2.05) is 0 Å². The summed E-state index contributed by atoms with van der Waals surface area (Å²) in [5, 5.41) is -0.373. The van der Waals surface area contributed by atoms with Crippen molar-refractivity contribution in [2.24, 2.45) is 10.7 Å². The van der Waals surface area contributed by atoms with Crippen LogP contribution >= 0.6 is 11.6 Å². The molecule has 33 heavy (non-hydrogen) atoms. The summed E-state index contributed by atoms with van der Waals surface area (Å²) in [4.78, 5) is 19.2. The fraction of sp³-hybridized carbons (Fsp3) is 0.391. The number of nitrogens with two attached hydrogens (primary N) is 1. The number of sulfone groups is 1. The van der Waals surface area contributed by atoms with Crippen molar-refractivity contribution in [3.63, 3.8) is 0 Å². The number of hydrogen-bond acceptors (Lipinski definition) is 5. The van der Waals surface area contributed by atoms with E-state index in [0.717, 1.165) is 12.1 Å². The van der Waals surface area contributed by atoms with Gasteiger partial charge in [0.1, 0.15) is 11.6 Å². The standard InChI is InChI=1S/C23H24ClF2N3O3S/c1-13-10-15(8-9-33(13,31)32)29-20(30)12-23(2,28-22(29)27)18-5-3-4-17(21(18)24)16-7-6-14(25)11-19(16)26/h3-7,11,13,15H,8-10,12H2,1-2H3,(H2,27,28)/t13-,15-,23-/m0/s1. The fourth-order valence-corrected chi connectivity index (χ4v) is 6.60. The molecule has 0 spiro atoms. The quantitative estimate of drug-likeness (QED) is 0.696. The van der Waals surface area contributed by atoms with E-state index in [1.165, 1.54) is 11.0 Å². The van der Waals surface area contributed by atoms with Gasteiger partial charge in [-0.1, -0.05) is 29.8 Å². The fourth-order valence-electron chi connectivity index (χ4n) is 4.65. The summed E-state index contributed by atoms with van der Waals surface area (Å²) in [5.74, 6) is -1.75. The van der Waals surface area contributed by atoms with Gasteiger partial charge in [0.05, 0.1) is 28.0 Å². The van der Waals surface area contributed by atoms with Crippen LogP contribution in [0.15, 0.2) is 41.4 Å². The molecule has 0 aliphatic carbocycles. The van der Waals surface area contributed by atoms with Gasteiger partial charge in [-0.05, 0) is 44.4 Å². The van der Waals surface area contributed by atoms with Crippen LogP contribution in [0, 0.1) is 11.6 Å². The van der Waals surface area contributed by atoms with Crippen molar-refractivity contribution in [1.29, 1.82) is 0 Å². The number of aliphatic imine (C=N–C) groups is 1. The van der Waals surface area contributed by atoms with Crippen molar-refractivity contribution < 1.29 is 22.0 Å². The highest BCUT2D eigenvalue weighted by atomic mass is 35.5. The third-order valence-corrected chi connectivity index (χ3v) is 9.12. The third kappa shape index (κ3) is 4.24. The van der Waals surface area contributed by atoms with Crippen molar-refractivity contribution in [3.8, 4) is 11.1 Å². The Bertz CT molecular complexity index is 1270. The van der Waals surface area contributed by atoms with Gasteiger partial charge in [0.25, 0.3) is 0 Å². The van der Waals surface area contributed by atoms with E-state index in [4.69, 9.17) is 17.3 Å². The molecule has 2 aromatic carbocycles. The molecule has 0 aromatic heterocycles. The number of amides is 1. The number of guanidine groups is 1. The number of carbonyl (C=O) groups is 1. The van der Waals surface area contributed by atoms with Crippen LogP contribution in [0.4, 0.5) is 8.78 Å². The van der Waals surface area contributed by atoms with E-state index in [9.17, 15) is 22.0 Å². The number of carbonyl (C=O) groups excluding carboxylic acids is 1. The minimum absolute atomic E-state index is 0.000296. The van der Waals surface area contributed by atoms with Gasteiger partial charge in [0, 0.05) is 23.2 Å².